The van der Waals surface area contributed by atoms with E-state index in [0.29, 0.717) is 5.82 Å². The van der Waals surface area contributed by atoms with E-state index in [-0.39, 0.29) is 17.2 Å². The molecule has 4 N–H and O–H groups in total. The third-order valence-electron chi connectivity index (χ3n) is 3.97. The number of anilines is 5. The fourth-order valence-electron chi connectivity index (χ4n) is 2.59. The maximum Gasteiger partial charge on any atom is 0.416 e. The molecule has 0 aliphatic heterocycles. The van der Waals surface area contributed by atoms with E-state index in [2.05, 4.69) is 20.6 Å². The highest BCUT2D eigenvalue weighted by Gasteiger charge is 2.30. The molecule has 0 unspecified atom stereocenters. The van der Waals surface area contributed by atoms with Crippen LogP contribution in [-0.4, -0.2) is 9.97 Å². The molecule has 1 aromatic heterocycles. The Kier molecular flexibility index (Phi) is 4.89. The summed E-state index contributed by atoms with van der Waals surface area (Å²) in [6, 6.07) is 10.7. The van der Waals surface area contributed by atoms with E-state index in [9.17, 15) is 13.2 Å². The zero-order chi connectivity index (χ0) is 19.6. The molecule has 140 valence electrons. The molecule has 2 aromatic carbocycles. The molecule has 0 bridgehead atoms. The summed E-state index contributed by atoms with van der Waals surface area (Å²) in [6.07, 6.45) is -3.14. The maximum atomic E-state index is 12.9. The Bertz CT molecular complexity index is 970. The summed E-state index contributed by atoms with van der Waals surface area (Å²) in [5, 5.41) is 5.95. The molecule has 0 aliphatic carbocycles. The summed E-state index contributed by atoms with van der Waals surface area (Å²) in [5.74, 6) is 0.586. The third-order valence-corrected chi connectivity index (χ3v) is 3.97. The van der Waals surface area contributed by atoms with Gasteiger partial charge in [-0.05, 0) is 43.7 Å². The van der Waals surface area contributed by atoms with E-state index in [4.69, 9.17) is 5.73 Å². The van der Waals surface area contributed by atoms with Crippen molar-refractivity contribution in [3.63, 3.8) is 0 Å². The minimum atomic E-state index is -4.43. The van der Waals surface area contributed by atoms with Crippen LogP contribution in [0.3, 0.4) is 0 Å². The fraction of sp³-hybridized carbons (Fsp3) is 0.158. The van der Waals surface area contributed by atoms with Crippen LogP contribution in [0.15, 0.2) is 48.8 Å². The van der Waals surface area contributed by atoms with Crippen molar-refractivity contribution in [2.75, 3.05) is 16.4 Å². The SMILES string of the molecule is Cc1ccc(Nc2ncnc(Nc3cccc(C(F)(F)F)c3)c2N)c(C)c1. The van der Waals surface area contributed by atoms with Gasteiger partial charge < -0.3 is 16.4 Å². The summed E-state index contributed by atoms with van der Waals surface area (Å²) >= 11 is 0. The molecule has 0 atom stereocenters. The zero-order valence-corrected chi connectivity index (χ0v) is 14.7. The van der Waals surface area contributed by atoms with Crippen LogP contribution >= 0.6 is 0 Å². The number of alkyl halides is 3. The van der Waals surface area contributed by atoms with Gasteiger partial charge in [0.05, 0.1) is 5.56 Å². The van der Waals surface area contributed by atoms with Crippen LogP contribution in [0.4, 0.5) is 41.9 Å². The Hall–Kier alpha value is -3.29. The van der Waals surface area contributed by atoms with Gasteiger partial charge in [-0.15, -0.1) is 0 Å². The van der Waals surface area contributed by atoms with Crippen LogP contribution in [-0.2, 0) is 6.18 Å². The Morgan fingerprint density at radius 2 is 1.63 bits per heavy atom. The number of hydrogen-bond donors (Lipinski definition) is 3. The van der Waals surface area contributed by atoms with Gasteiger partial charge in [0.1, 0.15) is 12.0 Å². The summed E-state index contributed by atoms with van der Waals surface area (Å²) in [6.45, 7) is 3.95. The Morgan fingerprint density at radius 3 is 2.30 bits per heavy atom. The lowest BCUT2D eigenvalue weighted by molar-refractivity contribution is -0.137. The van der Waals surface area contributed by atoms with Crippen LogP contribution < -0.4 is 16.4 Å². The molecule has 3 aromatic rings. The zero-order valence-electron chi connectivity index (χ0n) is 14.7. The van der Waals surface area contributed by atoms with E-state index < -0.39 is 11.7 Å². The van der Waals surface area contributed by atoms with E-state index in [1.54, 1.807) is 0 Å². The van der Waals surface area contributed by atoms with Crippen molar-refractivity contribution < 1.29 is 13.2 Å². The number of nitrogen functional groups attached to an aromatic ring is 1. The van der Waals surface area contributed by atoms with Crippen molar-refractivity contribution in [3.05, 3.63) is 65.5 Å². The van der Waals surface area contributed by atoms with Crippen LogP contribution in [0.5, 0.6) is 0 Å². The standard InChI is InChI=1S/C19H18F3N5/c1-11-6-7-15(12(2)8-11)27-18-16(23)17(24-10-25-18)26-14-5-3-4-13(9-14)19(20,21)22/h3-10H,23H2,1-2H3,(H2,24,25,26,27). The number of hydrogen-bond acceptors (Lipinski definition) is 5. The fourth-order valence-corrected chi connectivity index (χ4v) is 2.59. The second-order valence-corrected chi connectivity index (χ2v) is 6.13. The molecule has 1 heterocycles. The quantitative estimate of drug-likeness (QED) is 0.587. The van der Waals surface area contributed by atoms with Crippen LogP contribution in [0.25, 0.3) is 0 Å². The second kappa shape index (κ2) is 7.14. The van der Waals surface area contributed by atoms with Gasteiger partial charge >= 0.3 is 6.18 Å². The van der Waals surface area contributed by atoms with Gasteiger partial charge in [0.2, 0.25) is 0 Å². The molecule has 0 saturated carbocycles. The van der Waals surface area contributed by atoms with E-state index in [1.165, 1.54) is 18.5 Å². The molecule has 0 fully saturated rings. The van der Waals surface area contributed by atoms with Gasteiger partial charge in [-0.1, -0.05) is 23.8 Å². The number of aromatic nitrogens is 2. The lowest BCUT2D eigenvalue weighted by Gasteiger charge is -2.15. The van der Waals surface area contributed by atoms with Gasteiger partial charge in [0.25, 0.3) is 0 Å². The lowest BCUT2D eigenvalue weighted by atomic mass is 10.1. The number of nitrogens with one attached hydrogen (secondary N) is 2. The first-order valence-corrected chi connectivity index (χ1v) is 8.13. The van der Waals surface area contributed by atoms with Crippen LogP contribution in [0, 0.1) is 13.8 Å². The predicted octanol–water partition coefficient (Wildman–Crippen LogP) is 5.18. The molecule has 0 radical (unpaired) electrons. The van der Waals surface area contributed by atoms with Crippen molar-refractivity contribution in [3.8, 4) is 0 Å². The highest BCUT2D eigenvalue weighted by Crippen LogP contribution is 2.33. The van der Waals surface area contributed by atoms with Gasteiger partial charge in [-0.3, -0.25) is 0 Å². The number of halogens is 3. The van der Waals surface area contributed by atoms with E-state index in [1.807, 2.05) is 32.0 Å². The van der Waals surface area contributed by atoms with Crippen molar-refractivity contribution in [1.29, 1.82) is 0 Å². The van der Waals surface area contributed by atoms with Crippen molar-refractivity contribution in [2.24, 2.45) is 0 Å². The topological polar surface area (TPSA) is 75.9 Å². The smallest absolute Gasteiger partial charge is 0.393 e. The first-order chi connectivity index (χ1) is 12.7. The first kappa shape index (κ1) is 18.5. The molecular weight excluding hydrogens is 355 g/mol. The van der Waals surface area contributed by atoms with Gasteiger partial charge in [-0.2, -0.15) is 13.2 Å². The van der Waals surface area contributed by atoms with E-state index in [0.717, 1.165) is 28.9 Å². The molecule has 0 amide bonds. The number of aryl methyl sites for hydroxylation is 2. The van der Waals surface area contributed by atoms with Crippen LogP contribution in [0.1, 0.15) is 16.7 Å². The van der Waals surface area contributed by atoms with Gasteiger partial charge in [0, 0.05) is 11.4 Å². The van der Waals surface area contributed by atoms with Crippen molar-refractivity contribution >= 4 is 28.7 Å². The molecule has 0 saturated heterocycles. The van der Waals surface area contributed by atoms with Crippen molar-refractivity contribution in [2.45, 2.75) is 20.0 Å². The number of rotatable bonds is 4. The minimum absolute atomic E-state index is 0.204. The normalized spacial score (nSPS) is 11.3. The van der Waals surface area contributed by atoms with Crippen LogP contribution in [0.2, 0.25) is 0 Å². The largest absolute Gasteiger partial charge is 0.416 e. The monoisotopic (exact) mass is 373 g/mol. The predicted molar refractivity (Wildman–Crippen MR) is 100 cm³/mol. The minimum Gasteiger partial charge on any atom is -0.393 e. The average Bonchev–Trinajstić information content (AvgIpc) is 2.60. The number of nitrogens with zero attached hydrogens (tertiary/aromatic N) is 2. The number of nitrogens with two attached hydrogens (primary N) is 1. The molecule has 27 heavy (non-hydrogen) atoms. The lowest BCUT2D eigenvalue weighted by Crippen LogP contribution is -2.07. The molecule has 0 spiro atoms. The van der Waals surface area contributed by atoms with E-state index >= 15 is 0 Å². The van der Waals surface area contributed by atoms with Crippen molar-refractivity contribution in [1.82, 2.24) is 9.97 Å². The average molecular weight is 373 g/mol. The molecule has 3 rings (SSSR count). The van der Waals surface area contributed by atoms with Gasteiger partial charge in [-0.25, -0.2) is 9.97 Å². The summed E-state index contributed by atoms with van der Waals surface area (Å²) in [7, 11) is 0. The summed E-state index contributed by atoms with van der Waals surface area (Å²) in [4.78, 5) is 8.16. The molecule has 8 heteroatoms. The first-order valence-electron chi connectivity index (χ1n) is 8.13. The Balaban J connectivity index is 1.87. The summed E-state index contributed by atoms with van der Waals surface area (Å²) in [5.41, 5.74) is 8.76. The summed E-state index contributed by atoms with van der Waals surface area (Å²) < 4.78 is 38.6. The third kappa shape index (κ3) is 4.28. The molecule has 5 nitrogen and oxygen atoms in total. The molecule has 0 aliphatic rings. The number of benzene rings is 2. The highest BCUT2D eigenvalue weighted by atomic mass is 19.4. The van der Waals surface area contributed by atoms with Gasteiger partial charge in [0.15, 0.2) is 11.6 Å². The highest BCUT2D eigenvalue weighted by molar-refractivity contribution is 5.80. The maximum absolute atomic E-state index is 12.9. The molecular formula is C19H18F3N5. The second-order valence-electron chi connectivity index (χ2n) is 6.13. The Labute approximate surface area is 154 Å². The Morgan fingerprint density at radius 1 is 0.926 bits per heavy atom.